The molecule has 1 heterocycles. The lowest BCUT2D eigenvalue weighted by Gasteiger charge is -2.33. The third-order valence-corrected chi connectivity index (χ3v) is 4.53. The number of ether oxygens (including phenoxy) is 1. The van der Waals surface area contributed by atoms with Crippen molar-refractivity contribution >= 4 is 29.9 Å². The van der Waals surface area contributed by atoms with Crippen LogP contribution in [-0.4, -0.2) is 29.9 Å². The lowest BCUT2D eigenvalue weighted by atomic mass is 10.0. The highest BCUT2D eigenvalue weighted by molar-refractivity contribution is 6.32. The molecule has 2 atom stereocenters. The van der Waals surface area contributed by atoms with Crippen LogP contribution in [0, 0.1) is 5.82 Å². The molecule has 0 bridgehead atoms. The largest absolute Gasteiger partial charge is 0.474 e. The van der Waals surface area contributed by atoms with Crippen LogP contribution in [-0.2, 0) is 4.79 Å². The minimum absolute atomic E-state index is 0. The molecule has 0 saturated carbocycles. The third-order valence-electron chi connectivity index (χ3n) is 4.23. The molecule has 3 rings (SSSR count). The van der Waals surface area contributed by atoms with Crippen LogP contribution in [0.1, 0.15) is 24.5 Å². The lowest BCUT2D eigenvalue weighted by molar-refractivity contribution is -0.140. The lowest BCUT2D eigenvalue weighted by Crippen LogP contribution is -2.48. The Hall–Kier alpha value is -1.82. The zero-order valence-corrected chi connectivity index (χ0v) is 15.7. The molecule has 0 aromatic heterocycles. The number of hydrogen-bond acceptors (Lipinski definition) is 3. The quantitative estimate of drug-likeness (QED) is 0.847. The number of nitrogens with zero attached hydrogens (tertiary/aromatic N) is 1. The van der Waals surface area contributed by atoms with E-state index in [1.165, 1.54) is 18.2 Å². The fourth-order valence-electron chi connectivity index (χ4n) is 2.96. The van der Waals surface area contributed by atoms with Gasteiger partial charge in [0, 0.05) is 24.7 Å². The summed E-state index contributed by atoms with van der Waals surface area (Å²) in [5.74, 6) is -0.352. The number of rotatable bonds is 4. The first-order valence-electron chi connectivity index (χ1n) is 8.25. The Morgan fingerprint density at radius 1 is 1.27 bits per heavy atom. The summed E-state index contributed by atoms with van der Waals surface area (Å²) in [6.45, 7) is 1.15. The number of piperidine rings is 1. The summed E-state index contributed by atoms with van der Waals surface area (Å²) >= 11 is 6.06. The molecule has 1 saturated heterocycles. The highest BCUT2D eigenvalue weighted by Crippen LogP contribution is 2.31. The van der Waals surface area contributed by atoms with E-state index in [0.29, 0.717) is 18.7 Å². The first-order chi connectivity index (χ1) is 12.0. The van der Waals surface area contributed by atoms with Gasteiger partial charge in [-0.2, -0.15) is 0 Å². The first kappa shape index (κ1) is 20.5. The van der Waals surface area contributed by atoms with Gasteiger partial charge in [0.15, 0.2) is 0 Å². The van der Waals surface area contributed by atoms with Gasteiger partial charge >= 0.3 is 0 Å². The summed E-state index contributed by atoms with van der Waals surface area (Å²) in [6, 6.07) is 13.0. The second-order valence-corrected chi connectivity index (χ2v) is 6.58. The van der Waals surface area contributed by atoms with Gasteiger partial charge in [-0.3, -0.25) is 4.79 Å². The van der Waals surface area contributed by atoms with E-state index in [4.69, 9.17) is 22.1 Å². The van der Waals surface area contributed by atoms with Gasteiger partial charge in [-0.15, -0.1) is 12.4 Å². The first-order valence-corrected chi connectivity index (χ1v) is 8.63. The van der Waals surface area contributed by atoms with Crippen LogP contribution in [0.25, 0.3) is 0 Å². The molecule has 1 aliphatic rings. The molecule has 2 aromatic rings. The topological polar surface area (TPSA) is 55.6 Å². The predicted octanol–water partition coefficient (Wildman–Crippen LogP) is 3.97. The van der Waals surface area contributed by atoms with E-state index in [0.717, 1.165) is 12.8 Å². The number of amides is 1. The van der Waals surface area contributed by atoms with E-state index >= 15 is 0 Å². The van der Waals surface area contributed by atoms with E-state index in [2.05, 4.69) is 0 Å². The van der Waals surface area contributed by atoms with Crippen LogP contribution >= 0.6 is 24.0 Å². The average molecular weight is 399 g/mol. The van der Waals surface area contributed by atoms with Crippen molar-refractivity contribution < 1.29 is 13.9 Å². The van der Waals surface area contributed by atoms with Gasteiger partial charge in [0.1, 0.15) is 11.6 Å². The van der Waals surface area contributed by atoms with Crippen molar-refractivity contribution in [3.05, 3.63) is 64.9 Å². The molecule has 2 aromatic carbocycles. The smallest absolute Gasteiger partial charge is 0.268 e. The Morgan fingerprint density at radius 2 is 2.00 bits per heavy atom. The number of hydrogen-bond donors (Lipinski definition) is 1. The summed E-state index contributed by atoms with van der Waals surface area (Å²) in [7, 11) is 0. The minimum atomic E-state index is -0.852. The monoisotopic (exact) mass is 398 g/mol. The van der Waals surface area contributed by atoms with Crippen molar-refractivity contribution in [2.75, 3.05) is 13.1 Å². The average Bonchev–Trinajstić information content (AvgIpc) is 2.61. The number of carbonyl (C=O) groups excluding carboxylic acids is 1. The zero-order chi connectivity index (χ0) is 17.8. The maximum atomic E-state index is 13.3. The third kappa shape index (κ3) is 4.87. The van der Waals surface area contributed by atoms with E-state index in [1.807, 2.05) is 30.3 Å². The van der Waals surface area contributed by atoms with E-state index in [1.54, 1.807) is 4.90 Å². The highest BCUT2D eigenvalue weighted by Gasteiger charge is 2.31. The van der Waals surface area contributed by atoms with Crippen molar-refractivity contribution in [2.24, 2.45) is 5.73 Å². The molecule has 1 aliphatic heterocycles. The van der Waals surface area contributed by atoms with Crippen LogP contribution in [0.15, 0.2) is 48.5 Å². The summed E-state index contributed by atoms with van der Waals surface area (Å²) in [5.41, 5.74) is 6.71. The standard InChI is InChI=1S/C19H20ClFN2O2.ClH/c20-16-11-14(21)8-9-17(16)25-18(13-5-2-1-3-6-13)19(24)23-10-4-7-15(22)12-23;/h1-3,5-6,8-9,11,15,18H,4,7,10,12,22H2;1H. The number of carbonyl (C=O) groups is 1. The molecule has 2 N–H and O–H groups in total. The number of halogens is 3. The molecule has 1 fully saturated rings. The van der Waals surface area contributed by atoms with Crippen molar-refractivity contribution in [1.29, 1.82) is 0 Å². The summed E-state index contributed by atoms with van der Waals surface area (Å²) in [5, 5.41) is 0.129. The van der Waals surface area contributed by atoms with Gasteiger partial charge in [-0.1, -0.05) is 41.9 Å². The normalized spacial score (nSPS) is 18.0. The Kier molecular flexibility index (Phi) is 7.26. The molecule has 7 heteroatoms. The van der Waals surface area contributed by atoms with Crippen molar-refractivity contribution in [3.8, 4) is 5.75 Å². The Morgan fingerprint density at radius 3 is 2.65 bits per heavy atom. The summed E-state index contributed by atoms with van der Waals surface area (Å²) < 4.78 is 19.2. The maximum absolute atomic E-state index is 13.3. The summed E-state index contributed by atoms with van der Waals surface area (Å²) in [4.78, 5) is 14.8. The van der Waals surface area contributed by atoms with Gasteiger partial charge in [0.2, 0.25) is 6.10 Å². The van der Waals surface area contributed by atoms with Gasteiger partial charge in [-0.05, 0) is 31.0 Å². The molecule has 26 heavy (non-hydrogen) atoms. The van der Waals surface area contributed by atoms with Crippen LogP contribution in [0.4, 0.5) is 4.39 Å². The summed E-state index contributed by atoms with van der Waals surface area (Å²) in [6.07, 6.45) is 0.922. The molecule has 2 unspecified atom stereocenters. The molecule has 0 radical (unpaired) electrons. The van der Waals surface area contributed by atoms with Crippen molar-refractivity contribution in [3.63, 3.8) is 0 Å². The van der Waals surface area contributed by atoms with Crippen LogP contribution in [0.5, 0.6) is 5.75 Å². The van der Waals surface area contributed by atoms with E-state index < -0.39 is 11.9 Å². The van der Waals surface area contributed by atoms with Crippen LogP contribution in [0.2, 0.25) is 5.02 Å². The Balaban J connectivity index is 0.00000243. The zero-order valence-electron chi connectivity index (χ0n) is 14.1. The van der Waals surface area contributed by atoms with Gasteiger partial charge in [0.05, 0.1) is 5.02 Å². The second-order valence-electron chi connectivity index (χ2n) is 6.17. The molecular weight excluding hydrogens is 378 g/mol. The minimum Gasteiger partial charge on any atom is -0.474 e. The van der Waals surface area contributed by atoms with Crippen molar-refractivity contribution in [2.45, 2.75) is 25.0 Å². The van der Waals surface area contributed by atoms with Crippen molar-refractivity contribution in [1.82, 2.24) is 4.90 Å². The Labute approximate surface area is 163 Å². The van der Waals surface area contributed by atoms with Gasteiger partial charge in [-0.25, -0.2) is 4.39 Å². The maximum Gasteiger partial charge on any atom is 0.268 e. The molecule has 0 spiro atoms. The van der Waals surface area contributed by atoms with Gasteiger partial charge < -0.3 is 15.4 Å². The fraction of sp³-hybridized carbons (Fsp3) is 0.316. The number of benzene rings is 2. The molecule has 140 valence electrons. The van der Waals surface area contributed by atoms with Gasteiger partial charge in [0.25, 0.3) is 5.91 Å². The molecule has 4 nitrogen and oxygen atoms in total. The number of nitrogens with two attached hydrogens (primary N) is 1. The number of likely N-dealkylation sites (tertiary alicyclic amines) is 1. The van der Waals surface area contributed by atoms with Crippen LogP contribution < -0.4 is 10.5 Å². The molecule has 0 aliphatic carbocycles. The molecular formula is C19H21Cl2FN2O2. The highest BCUT2D eigenvalue weighted by atomic mass is 35.5. The SMILES string of the molecule is Cl.NC1CCCN(C(=O)C(Oc2ccc(F)cc2Cl)c2ccccc2)C1. The second kappa shape index (κ2) is 9.21. The van der Waals surface area contributed by atoms with Crippen LogP contribution in [0.3, 0.4) is 0 Å². The fourth-order valence-corrected chi connectivity index (χ4v) is 3.17. The predicted molar refractivity (Wildman–Crippen MR) is 102 cm³/mol. The molecule has 1 amide bonds. The van der Waals surface area contributed by atoms with E-state index in [9.17, 15) is 9.18 Å². The van der Waals surface area contributed by atoms with E-state index in [-0.39, 0.29) is 35.1 Å². The Bertz CT molecular complexity index is 746.